The first-order chi connectivity index (χ1) is 11.7. The molecule has 0 aliphatic rings. The first kappa shape index (κ1) is 16.6. The van der Waals surface area contributed by atoms with Gasteiger partial charge in [0.25, 0.3) is 0 Å². The molecule has 1 atom stereocenters. The van der Waals surface area contributed by atoms with Gasteiger partial charge < -0.3 is 9.88 Å². The van der Waals surface area contributed by atoms with Gasteiger partial charge in [0.05, 0.1) is 11.8 Å². The van der Waals surface area contributed by atoms with Crippen LogP contribution in [0.4, 0.5) is 0 Å². The van der Waals surface area contributed by atoms with E-state index in [2.05, 4.69) is 47.6 Å². The summed E-state index contributed by atoms with van der Waals surface area (Å²) in [5, 5.41) is 6.34. The van der Waals surface area contributed by atoms with Crippen molar-refractivity contribution in [1.29, 1.82) is 0 Å². The van der Waals surface area contributed by atoms with Gasteiger partial charge in [-0.15, -0.1) is 0 Å². The minimum Gasteiger partial charge on any atom is -0.349 e. The van der Waals surface area contributed by atoms with Crippen molar-refractivity contribution in [2.45, 2.75) is 31.6 Å². The second-order valence-corrected chi connectivity index (χ2v) is 6.62. The summed E-state index contributed by atoms with van der Waals surface area (Å²) in [6, 6.07) is 14.5. The zero-order chi connectivity index (χ0) is 16.9. The Hall–Kier alpha value is -2.27. The number of carbonyl (C=O) groups excluding carboxylic acids is 1. The van der Waals surface area contributed by atoms with Crippen LogP contribution in [0.2, 0.25) is 0 Å². The number of nitrogens with zero attached hydrogens (tertiary/aromatic N) is 2. The second kappa shape index (κ2) is 7.53. The molecule has 5 heteroatoms. The molecule has 124 valence electrons. The number of amides is 1. The Bertz CT molecular complexity index is 843. The Labute approximate surface area is 146 Å². The average molecular weight is 339 g/mol. The molecule has 1 aromatic heterocycles. The maximum absolute atomic E-state index is 12.2. The van der Waals surface area contributed by atoms with Gasteiger partial charge in [-0.1, -0.05) is 48.2 Å². The maximum Gasteiger partial charge on any atom is 0.230 e. The normalized spacial score (nSPS) is 12.2. The number of nitrogens with one attached hydrogen (secondary N) is 1. The smallest absolute Gasteiger partial charge is 0.230 e. The van der Waals surface area contributed by atoms with Crippen LogP contribution in [0.5, 0.6) is 0 Å². The molecule has 0 saturated heterocycles. The highest BCUT2D eigenvalue weighted by Crippen LogP contribution is 2.21. The molecule has 3 rings (SSSR count). The van der Waals surface area contributed by atoms with Gasteiger partial charge in [-0.05, 0) is 36.2 Å². The minimum atomic E-state index is -0.0198. The Balaban J connectivity index is 1.60. The summed E-state index contributed by atoms with van der Waals surface area (Å²) in [6.07, 6.45) is 3.69. The van der Waals surface area contributed by atoms with Crippen LogP contribution in [0.1, 0.15) is 25.5 Å². The van der Waals surface area contributed by atoms with E-state index in [1.165, 1.54) is 22.5 Å². The van der Waals surface area contributed by atoms with Crippen molar-refractivity contribution in [3.05, 3.63) is 60.4 Å². The van der Waals surface area contributed by atoms with Crippen molar-refractivity contribution in [3.8, 4) is 0 Å². The topological polar surface area (TPSA) is 46.9 Å². The predicted molar refractivity (Wildman–Crippen MR) is 99.1 cm³/mol. The van der Waals surface area contributed by atoms with E-state index in [1.807, 2.05) is 29.8 Å². The molecular formula is C19H21N3OS. The molecule has 0 bridgehead atoms. The monoisotopic (exact) mass is 339 g/mol. The number of aryl methyl sites for hydroxylation is 1. The molecule has 0 aliphatic carbocycles. The molecule has 0 radical (unpaired) electrons. The van der Waals surface area contributed by atoms with Crippen molar-refractivity contribution in [2.75, 3.05) is 5.75 Å². The van der Waals surface area contributed by atoms with E-state index in [1.54, 1.807) is 6.20 Å². The molecule has 1 unspecified atom stereocenters. The first-order valence-electron chi connectivity index (χ1n) is 8.09. The van der Waals surface area contributed by atoms with Crippen LogP contribution in [-0.4, -0.2) is 21.2 Å². The zero-order valence-electron chi connectivity index (χ0n) is 13.9. The third-order valence-electron chi connectivity index (χ3n) is 4.00. The fourth-order valence-corrected chi connectivity index (χ4v) is 3.48. The predicted octanol–water partition coefficient (Wildman–Crippen LogP) is 4.03. The van der Waals surface area contributed by atoms with Crippen LogP contribution >= 0.6 is 11.8 Å². The van der Waals surface area contributed by atoms with Crippen LogP contribution in [0.15, 0.2) is 60.0 Å². The van der Waals surface area contributed by atoms with Crippen molar-refractivity contribution in [2.24, 2.45) is 0 Å². The van der Waals surface area contributed by atoms with Crippen molar-refractivity contribution in [1.82, 2.24) is 14.9 Å². The van der Waals surface area contributed by atoms with E-state index in [4.69, 9.17) is 0 Å². The highest BCUT2D eigenvalue weighted by Gasteiger charge is 2.12. The van der Waals surface area contributed by atoms with Gasteiger partial charge in [0, 0.05) is 18.9 Å². The lowest BCUT2D eigenvalue weighted by Gasteiger charge is -2.15. The summed E-state index contributed by atoms with van der Waals surface area (Å²) in [5.41, 5.74) is 1.11. The van der Waals surface area contributed by atoms with Crippen molar-refractivity contribution >= 4 is 28.4 Å². The molecular weight excluding hydrogens is 318 g/mol. The molecule has 1 heterocycles. The molecule has 24 heavy (non-hydrogen) atoms. The van der Waals surface area contributed by atoms with E-state index < -0.39 is 0 Å². The molecule has 2 aromatic carbocycles. The first-order valence-corrected chi connectivity index (χ1v) is 9.08. The van der Waals surface area contributed by atoms with E-state index >= 15 is 0 Å². The maximum atomic E-state index is 12.2. The summed E-state index contributed by atoms with van der Waals surface area (Å²) in [6.45, 7) is 4.94. The number of hydrogen-bond acceptors (Lipinski definition) is 3. The number of rotatable bonds is 6. The van der Waals surface area contributed by atoms with E-state index in [0.717, 1.165) is 17.3 Å². The largest absolute Gasteiger partial charge is 0.349 e. The van der Waals surface area contributed by atoms with Gasteiger partial charge in [0.15, 0.2) is 5.16 Å². The lowest BCUT2D eigenvalue weighted by molar-refractivity contribution is -0.119. The minimum absolute atomic E-state index is 0.0197. The lowest BCUT2D eigenvalue weighted by atomic mass is 10.0. The van der Waals surface area contributed by atoms with E-state index in [-0.39, 0.29) is 11.9 Å². The quantitative estimate of drug-likeness (QED) is 0.690. The number of benzene rings is 2. The molecule has 0 fully saturated rings. The van der Waals surface area contributed by atoms with Crippen LogP contribution < -0.4 is 5.32 Å². The zero-order valence-corrected chi connectivity index (χ0v) is 14.7. The number of thioether (sulfide) groups is 1. The molecule has 0 aliphatic heterocycles. The number of aromatic nitrogens is 2. The van der Waals surface area contributed by atoms with Gasteiger partial charge in [-0.25, -0.2) is 4.98 Å². The molecule has 1 amide bonds. The summed E-state index contributed by atoms with van der Waals surface area (Å²) in [5.74, 6) is 0.390. The Morgan fingerprint density at radius 1 is 1.25 bits per heavy atom. The van der Waals surface area contributed by atoms with Crippen LogP contribution in [-0.2, 0) is 11.3 Å². The van der Waals surface area contributed by atoms with Gasteiger partial charge in [-0.2, -0.15) is 0 Å². The van der Waals surface area contributed by atoms with Crippen LogP contribution in [0.3, 0.4) is 0 Å². The van der Waals surface area contributed by atoms with E-state index in [9.17, 15) is 4.79 Å². The van der Waals surface area contributed by atoms with Crippen molar-refractivity contribution < 1.29 is 4.79 Å². The highest BCUT2D eigenvalue weighted by molar-refractivity contribution is 7.99. The molecule has 0 saturated carbocycles. The Kier molecular flexibility index (Phi) is 5.20. The number of carbonyl (C=O) groups is 1. The molecule has 3 aromatic rings. The van der Waals surface area contributed by atoms with Crippen LogP contribution in [0, 0.1) is 0 Å². The summed E-state index contributed by atoms with van der Waals surface area (Å²) < 4.78 is 2.03. The summed E-state index contributed by atoms with van der Waals surface area (Å²) in [7, 11) is 0. The average Bonchev–Trinajstić information content (AvgIpc) is 3.07. The summed E-state index contributed by atoms with van der Waals surface area (Å²) >= 11 is 1.47. The van der Waals surface area contributed by atoms with E-state index in [0.29, 0.717) is 5.75 Å². The Morgan fingerprint density at radius 3 is 2.83 bits per heavy atom. The second-order valence-electron chi connectivity index (χ2n) is 5.68. The molecule has 0 spiro atoms. The van der Waals surface area contributed by atoms with Crippen LogP contribution in [0.25, 0.3) is 10.8 Å². The SMILES string of the molecule is CCn1ccnc1SCC(=O)NC(C)c1ccc2ccccc2c1. The van der Waals surface area contributed by atoms with Gasteiger partial charge in [0.1, 0.15) is 0 Å². The standard InChI is InChI=1S/C19H21N3OS/c1-3-22-11-10-20-19(22)24-13-18(23)21-14(2)16-9-8-15-6-4-5-7-17(15)12-16/h4-12,14H,3,13H2,1-2H3,(H,21,23). The third kappa shape index (κ3) is 3.79. The van der Waals surface area contributed by atoms with Gasteiger partial charge in [0.2, 0.25) is 5.91 Å². The lowest BCUT2D eigenvalue weighted by Crippen LogP contribution is -2.28. The number of hydrogen-bond donors (Lipinski definition) is 1. The number of fused-ring (bicyclic) bond motifs is 1. The molecule has 1 N–H and O–H groups in total. The Morgan fingerprint density at radius 2 is 2.04 bits per heavy atom. The third-order valence-corrected chi connectivity index (χ3v) is 5.01. The summed E-state index contributed by atoms with van der Waals surface area (Å²) in [4.78, 5) is 16.5. The fourth-order valence-electron chi connectivity index (χ4n) is 2.65. The molecule has 4 nitrogen and oxygen atoms in total. The van der Waals surface area contributed by atoms with Crippen molar-refractivity contribution in [3.63, 3.8) is 0 Å². The fraction of sp³-hybridized carbons (Fsp3) is 0.263. The van der Waals surface area contributed by atoms with Gasteiger partial charge in [-0.3, -0.25) is 4.79 Å². The number of imidazole rings is 1. The van der Waals surface area contributed by atoms with Gasteiger partial charge >= 0.3 is 0 Å². The highest BCUT2D eigenvalue weighted by atomic mass is 32.2.